The summed E-state index contributed by atoms with van der Waals surface area (Å²) in [4.78, 5) is 8.22. The monoisotopic (exact) mass is 407 g/mol. The molecule has 0 atom stereocenters. The van der Waals surface area contributed by atoms with Gasteiger partial charge in [0.25, 0.3) is 0 Å². The van der Waals surface area contributed by atoms with Gasteiger partial charge >= 0.3 is 0 Å². The minimum atomic E-state index is -0.572. The molecule has 8 heteroatoms. The molecule has 0 aliphatic heterocycles. The number of rotatable bonds is 10. The topological polar surface area (TPSA) is 80.3 Å². The zero-order valence-electron chi connectivity index (χ0n) is 16.5. The lowest BCUT2D eigenvalue weighted by molar-refractivity contribution is 0.0511. The van der Waals surface area contributed by atoms with Crippen molar-refractivity contribution < 1.29 is 13.9 Å². The molecule has 0 aliphatic carbocycles. The summed E-state index contributed by atoms with van der Waals surface area (Å²) in [6.07, 6.45) is 2.72. The number of anilines is 5. The first-order valence-corrected chi connectivity index (χ1v) is 9.04. The van der Waals surface area contributed by atoms with Crippen LogP contribution >= 0.6 is 0 Å². The smallest absolute Gasteiger partial charge is 0.229 e. The summed E-state index contributed by atoms with van der Waals surface area (Å²) in [5.41, 5.74) is 2.82. The van der Waals surface area contributed by atoms with Crippen molar-refractivity contribution >= 4 is 28.8 Å². The highest BCUT2D eigenvalue weighted by molar-refractivity contribution is 5.65. The van der Waals surface area contributed by atoms with Gasteiger partial charge in [-0.1, -0.05) is 19.2 Å². The van der Waals surface area contributed by atoms with Gasteiger partial charge in [-0.15, -0.1) is 0 Å². The van der Waals surface area contributed by atoms with Crippen molar-refractivity contribution in [3.63, 3.8) is 0 Å². The van der Waals surface area contributed by atoms with E-state index in [9.17, 15) is 4.39 Å². The molecule has 1 heterocycles. The van der Waals surface area contributed by atoms with Gasteiger partial charge in [-0.25, -0.2) is 9.37 Å². The zero-order valence-corrected chi connectivity index (χ0v) is 16.5. The minimum Gasteiger partial charge on any atom is -0.468 e. The summed E-state index contributed by atoms with van der Waals surface area (Å²) < 4.78 is 24.5. The van der Waals surface area contributed by atoms with Crippen LogP contribution in [0.5, 0.6) is 5.75 Å². The molecule has 1 aromatic heterocycles. The molecule has 0 fully saturated rings. The van der Waals surface area contributed by atoms with Crippen molar-refractivity contribution in [3.05, 3.63) is 85.5 Å². The highest BCUT2D eigenvalue weighted by atomic mass is 19.1. The second-order valence-electron chi connectivity index (χ2n) is 6.15. The minimum absolute atomic E-state index is 0.0484. The maximum atomic E-state index is 14.2. The molecule has 154 valence electrons. The molecule has 0 spiro atoms. The maximum absolute atomic E-state index is 14.2. The van der Waals surface area contributed by atoms with E-state index in [-0.39, 0.29) is 18.6 Å². The summed E-state index contributed by atoms with van der Waals surface area (Å²) in [6, 6.07) is 14.4. The van der Waals surface area contributed by atoms with Crippen molar-refractivity contribution in [1.82, 2.24) is 9.97 Å². The molecule has 30 heavy (non-hydrogen) atoms. The van der Waals surface area contributed by atoms with Gasteiger partial charge in [0.1, 0.15) is 5.75 Å². The summed E-state index contributed by atoms with van der Waals surface area (Å²) in [7, 11) is 1.55. The highest BCUT2D eigenvalue weighted by Crippen LogP contribution is 2.24. The number of methoxy groups -OCH3 is 1. The van der Waals surface area contributed by atoms with Gasteiger partial charge < -0.3 is 25.4 Å². The normalized spacial score (nSPS) is 10.2. The summed E-state index contributed by atoms with van der Waals surface area (Å²) in [6.45, 7) is 7.64. The first kappa shape index (κ1) is 20.8. The molecule has 0 aliphatic rings. The summed E-state index contributed by atoms with van der Waals surface area (Å²) >= 11 is 0. The number of nitrogens with one attached hydrogen (secondary N) is 3. The number of hydrogen-bond acceptors (Lipinski definition) is 7. The van der Waals surface area contributed by atoms with Crippen molar-refractivity contribution in [1.29, 1.82) is 0 Å². The van der Waals surface area contributed by atoms with E-state index in [0.717, 1.165) is 17.6 Å². The lowest BCUT2D eigenvalue weighted by Crippen LogP contribution is -2.04. The lowest BCUT2D eigenvalue weighted by atomic mass is 10.2. The molecule has 3 aromatic rings. The highest BCUT2D eigenvalue weighted by Gasteiger charge is 2.09. The average molecular weight is 407 g/mol. The van der Waals surface area contributed by atoms with E-state index in [1.165, 1.54) is 0 Å². The van der Waals surface area contributed by atoms with Gasteiger partial charge in [-0.2, -0.15) is 4.98 Å². The van der Waals surface area contributed by atoms with Gasteiger partial charge in [0.05, 0.1) is 6.20 Å². The molecule has 0 radical (unpaired) electrons. The Morgan fingerprint density at radius 2 is 1.87 bits per heavy atom. The van der Waals surface area contributed by atoms with Crippen LogP contribution < -0.4 is 20.7 Å². The van der Waals surface area contributed by atoms with Gasteiger partial charge in [0.2, 0.25) is 5.95 Å². The van der Waals surface area contributed by atoms with Crippen LogP contribution in [0.4, 0.5) is 33.2 Å². The Kier molecular flexibility index (Phi) is 6.96. The Bertz CT molecular complexity index is 1020. The van der Waals surface area contributed by atoms with E-state index in [2.05, 4.69) is 39.1 Å². The first-order valence-electron chi connectivity index (χ1n) is 9.04. The van der Waals surface area contributed by atoms with Gasteiger partial charge in [-0.05, 0) is 48.5 Å². The van der Waals surface area contributed by atoms with Crippen LogP contribution in [-0.2, 0) is 4.74 Å². The molecule has 0 saturated carbocycles. The third-order valence-corrected chi connectivity index (χ3v) is 3.87. The molecule has 0 unspecified atom stereocenters. The number of allylic oxidation sites excluding steroid dienone is 1. The van der Waals surface area contributed by atoms with E-state index in [1.807, 2.05) is 18.2 Å². The van der Waals surface area contributed by atoms with Crippen LogP contribution in [0.1, 0.15) is 0 Å². The van der Waals surface area contributed by atoms with Crippen LogP contribution in [0, 0.1) is 5.82 Å². The van der Waals surface area contributed by atoms with Crippen LogP contribution in [0.25, 0.3) is 0 Å². The predicted octanol–water partition coefficient (Wildman–Crippen LogP) is 5.20. The van der Waals surface area contributed by atoms with Crippen LogP contribution in [0.15, 0.2) is 79.7 Å². The molecular weight excluding hydrogens is 385 g/mol. The van der Waals surface area contributed by atoms with Crippen molar-refractivity contribution in [3.8, 4) is 5.75 Å². The second-order valence-corrected chi connectivity index (χ2v) is 6.15. The Hall–Kier alpha value is -3.91. The fourth-order valence-electron chi connectivity index (χ4n) is 2.45. The summed E-state index contributed by atoms with van der Waals surface area (Å²) in [5.74, 6) is 0.390. The number of benzene rings is 2. The number of halogens is 1. The van der Waals surface area contributed by atoms with E-state index < -0.39 is 5.82 Å². The number of ether oxygens (including phenoxy) is 2. The molecule has 3 N–H and O–H groups in total. The third kappa shape index (κ3) is 5.79. The Balaban J connectivity index is 1.71. The number of nitrogens with zero attached hydrogens (tertiary/aromatic N) is 2. The van der Waals surface area contributed by atoms with E-state index in [1.54, 1.807) is 43.5 Å². The predicted molar refractivity (Wildman–Crippen MR) is 117 cm³/mol. The Morgan fingerprint density at radius 3 is 2.60 bits per heavy atom. The second kappa shape index (κ2) is 10.0. The van der Waals surface area contributed by atoms with Crippen molar-refractivity contribution in [2.75, 3.05) is 29.9 Å². The zero-order chi connectivity index (χ0) is 21.3. The standard InChI is InChI=1S/C22H22FN5O2/c1-4-15(2)25-17-6-5-7-18(12-17)26-21-20(23)13-24-22(28-21)27-16-8-10-19(11-9-16)30-14-29-3/h4-13,25H,1-2,14H2,3H3,(H2,24,26,27,28). The largest absolute Gasteiger partial charge is 0.468 e. The van der Waals surface area contributed by atoms with E-state index in [4.69, 9.17) is 9.47 Å². The van der Waals surface area contributed by atoms with Crippen LogP contribution in [0.3, 0.4) is 0 Å². The Morgan fingerprint density at radius 1 is 1.10 bits per heavy atom. The molecule has 0 saturated heterocycles. The number of hydrogen-bond donors (Lipinski definition) is 3. The Labute approximate surface area is 174 Å². The van der Waals surface area contributed by atoms with Crippen LogP contribution in [0.2, 0.25) is 0 Å². The SMILES string of the molecule is C=CC(=C)Nc1cccc(Nc2nc(Nc3ccc(OCOC)cc3)ncc2F)c1. The maximum Gasteiger partial charge on any atom is 0.229 e. The number of aromatic nitrogens is 2. The molecule has 3 rings (SSSR count). The molecule has 0 bridgehead atoms. The van der Waals surface area contributed by atoms with E-state index >= 15 is 0 Å². The molecule has 2 aromatic carbocycles. The van der Waals surface area contributed by atoms with Crippen molar-refractivity contribution in [2.24, 2.45) is 0 Å². The molecule has 7 nitrogen and oxygen atoms in total. The van der Waals surface area contributed by atoms with Gasteiger partial charge in [0, 0.05) is 29.9 Å². The fourth-order valence-corrected chi connectivity index (χ4v) is 2.45. The summed E-state index contributed by atoms with van der Waals surface area (Å²) in [5, 5.41) is 9.09. The quantitative estimate of drug-likeness (QED) is 0.315. The third-order valence-electron chi connectivity index (χ3n) is 3.87. The van der Waals surface area contributed by atoms with E-state index in [0.29, 0.717) is 17.1 Å². The first-order chi connectivity index (χ1) is 14.6. The van der Waals surface area contributed by atoms with Crippen molar-refractivity contribution in [2.45, 2.75) is 0 Å². The average Bonchev–Trinajstić information content (AvgIpc) is 2.76. The molecule has 0 amide bonds. The van der Waals surface area contributed by atoms with Crippen LogP contribution in [-0.4, -0.2) is 23.9 Å². The molecular formula is C22H22FN5O2. The van der Waals surface area contributed by atoms with Gasteiger partial charge in [-0.3, -0.25) is 0 Å². The lowest BCUT2D eigenvalue weighted by Gasteiger charge is -2.12. The fraction of sp³-hybridized carbons (Fsp3) is 0.0909. The van der Waals surface area contributed by atoms with Gasteiger partial charge in [0.15, 0.2) is 18.4 Å².